The maximum absolute atomic E-state index is 12.6. The van der Waals surface area contributed by atoms with Gasteiger partial charge in [-0.2, -0.15) is 0 Å². The van der Waals surface area contributed by atoms with Crippen LogP contribution in [0.15, 0.2) is 56.3 Å². The number of hydrogen-bond acceptors (Lipinski definition) is 3. The highest BCUT2D eigenvalue weighted by Crippen LogP contribution is 2.43. The summed E-state index contributed by atoms with van der Waals surface area (Å²) < 4.78 is 5.95. The number of benzene rings is 1. The second-order valence-corrected chi connectivity index (χ2v) is 7.70. The molecular weight excluding hydrogens is 292 g/mol. The fraction of sp³-hybridized carbons (Fsp3) is 0.316. The van der Waals surface area contributed by atoms with Gasteiger partial charge in [0.1, 0.15) is 5.58 Å². The van der Waals surface area contributed by atoms with Crippen LogP contribution in [0.5, 0.6) is 0 Å². The second kappa shape index (κ2) is 5.81. The molecule has 0 bridgehead atoms. The van der Waals surface area contributed by atoms with Crippen LogP contribution in [0.25, 0.3) is 17.0 Å². The normalized spacial score (nSPS) is 20.0. The third-order valence-corrected chi connectivity index (χ3v) is 5.22. The van der Waals surface area contributed by atoms with Crippen LogP contribution in [0.2, 0.25) is 0 Å². The van der Waals surface area contributed by atoms with Crippen molar-refractivity contribution in [1.29, 1.82) is 0 Å². The van der Waals surface area contributed by atoms with Crippen molar-refractivity contribution in [2.45, 2.75) is 43.5 Å². The SMILES string of the molecule is CC(C)=CCCC1(C)C=Cc2c(oc3ccccc3c2=O)S1. The van der Waals surface area contributed by atoms with Gasteiger partial charge in [0.2, 0.25) is 5.43 Å². The molecule has 1 aliphatic rings. The summed E-state index contributed by atoms with van der Waals surface area (Å²) in [6.45, 7) is 6.43. The summed E-state index contributed by atoms with van der Waals surface area (Å²) in [6, 6.07) is 7.45. The van der Waals surface area contributed by atoms with Gasteiger partial charge in [0.15, 0.2) is 5.09 Å². The zero-order valence-electron chi connectivity index (χ0n) is 13.2. The molecule has 22 heavy (non-hydrogen) atoms. The first-order chi connectivity index (χ1) is 10.5. The summed E-state index contributed by atoms with van der Waals surface area (Å²) >= 11 is 1.66. The van der Waals surface area contributed by atoms with Gasteiger partial charge in [-0.15, -0.1) is 0 Å². The summed E-state index contributed by atoms with van der Waals surface area (Å²) in [4.78, 5) is 12.6. The zero-order chi connectivity index (χ0) is 15.7. The van der Waals surface area contributed by atoms with Gasteiger partial charge in [-0.05, 0) is 51.8 Å². The quantitative estimate of drug-likeness (QED) is 0.709. The van der Waals surface area contributed by atoms with E-state index in [1.165, 1.54) is 5.57 Å². The van der Waals surface area contributed by atoms with E-state index < -0.39 is 0 Å². The summed E-state index contributed by atoms with van der Waals surface area (Å²) in [5.74, 6) is 0. The molecule has 114 valence electrons. The van der Waals surface area contributed by atoms with E-state index in [1.807, 2.05) is 30.3 Å². The van der Waals surface area contributed by atoms with Crippen LogP contribution in [-0.2, 0) is 0 Å². The van der Waals surface area contributed by atoms with E-state index in [0.29, 0.717) is 16.5 Å². The van der Waals surface area contributed by atoms with Crippen LogP contribution < -0.4 is 5.43 Å². The highest BCUT2D eigenvalue weighted by Gasteiger charge is 2.29. The largest absolute Gasteiger partial charge is 0.449 e. The Morgan fingerprint density at radius 3 is 2.86 bits per heavy atom. The smallest absolute Gasteiger partial charge is 0.201 e. The molecule has 0 saturated carbocycles. The summed E-state index contributed by atoms with van der Waals surface area (Å²) in [7, 11) is 0. The van der Waals surface area contributed by atoms with Crippen molar-refractivity contribution < 1.29 is 4.42 Å². The first kappa shape index (κ1) is 15.2. The Morgan fingerprint density at radius 1 is 1.32 bits per heavy atom. The van der Waals surface area contributed by atoms with Gasteiger partial charge in [-0.3, -0.25) is 4.79 Å². The van der Waals surface area contributed by atoms with Crippen molar-refractivity contribution in [2.24, 2.45) is 0 Å². The van der Waals surface area contributed by atoms with Crippen molar-refractivity contribution in [2.75, 3.05) is 0 Å². The van der Waals surface area contributed by atoms with E-state index in [0.717, 1.165) is 17.9 Å². The molecule has 1 aromatic heterocycles. The molecule has 3 rings (SSSR count). The maximum atomic E-state index is 12.6. The lowest BCUT2D eigenvalue weighted by Crippen LogP contribution is -2.21. The van der Waals surface area contributed by atoms with Gasteiger partial charge >= 0.3 is 0 Å². The molecule has 1 aliphatic heterocycles. The number of thioether (sulfide) groups is 1. The van der Waals surface area contributed by atoms with Gasteiger partial charge < -0.3 is 4.42 Å². The van der Waals surface area contributed by atoms with E-state index in [2.05, 4.69) is 32.9 Å². The van der Waals surface area contributed by atoms with E-state index >= 15 is 0 Å². The van der Waals surface area contributed by atoms with Crippen LogP contribution in [0, 0.1) is 0 Å². The first-order valence-corrected chi connectivity index (χ1v) is 8.38. The summed E-state index contributed by atoms with van der Waals surface area (Å²) in [6.07, 6.45) is 8.39. The number of fused-ring (bicyclic) bond motifs is 2. The van der Waals surface area contributed by atoms with Crippen molar-refractivity contribution in [3.63, 3.8) is 0 Å². The van der Waals surface area contributed by atoms with Crippen LogP contribution in [0.1, 0.15) is 39.2 Å². The minimum absolute atomic E-state index is 0.0304. The number of allylic oxidation sites excluding steroid dienone is 2. The molecule has 0 amide bonds. The Hall–Kier alpha value is -1.74. The van der Waals surface area contributed by atoms with Crippen molar-refractivity contribution in [3.05, 3.63) is 57.8 Å². The highest BCUT2D eigenvalue weighted by molar-refractivity contribution is 8.00. The Bertz CT molecular complexity index is 825. The van der Waals surface area contributed by atoms with E-state index in [1.54, 1.807) is 11.8 Å². The van der Waals surface area contributed by atoms with Gasteiger partial charge in [0.25, 0.3) is 0 Å². The molecule has 2 aromatic rings. The number of hydrogen-bond donors (Lipinski definition) is 0. The average molecular weight is 312 g/mol. The molecular formula is C19H20O2S. The van der Waals surface area contributed by atoms with Gasteiger partial charge in [-0.25, -0.2) is 0 Å². The number of rotatable bonds is 3. The van der Waals surface area contributed by atoms with Crippen molar-refractivity contribution in [1.82, 2.24) is 0 Å². The molecule has 1 aromatic carbocycles. The Morgan fingerprint density at radius 2 is 2.09 bits per heavy atom. The Balaban J connectivity index is 1.97. The molecule has 0 saturated heterocycles. The molecule has 1 atom stereocenters. The lowest BCUT2D eigenvalue weighted by Gasteiger charge is -2.28. The van der Waals surface area contributed by atoms with Crippen LogP contribution in [0.4, 0.5) is 0 Å². The Labute approximate surface area is 134 Å². The van der Waals surface area contributed by atoms with Crippen LogP contribution in [0.3, 0.4) is 0 Å². The first-order valence-electron chi connectivity index (χ1n) is 7.56. The molecule has 3 heteroatoms. The maximum Gasteiger partial charge on any atom is 0.201 e. The Kier molecular flexibility index (Phi) is 4.00. The summed E-state index contributed by atoms with van der Waals surface area (Å²) in [5.41, 5.74) is 2.75. The predicted molar refractivity (Wildman–Crippen MR) is 94.4 cm³/mol. The molecule has 0 radical (unpaired) electrons. The van der Waals surface area contributed by atoms with Crippen molar-refractivity contribution >= 4 is 28.8 Å². The molecule has 0 spiro atoms. The predicted octanol–water partition coefficient (Wildman–Crippen LogP) is 5.42. The lowest BCUT2D eigenvalue weighted by molar-refractivity contribution is 0.491. The third-order valence-electron chi connectivity index (χ3n) is 3.92. The fourth-order valence-corrected chi connectivity index (χ4v) is 3.82. The summed E-state index contributed by atoms with van der Waals surface area (Å²) in [5, 5.41) is 1.39. The van der Waals surface area contributed by atoms with E-state index in [9.17, 15) is 4.79 Å². The van der Waals surface area contributed by atoms with Crippen molar-refractivity contribution in [3.8, 4) is 0 Å². The molecule has 2 nitrogen and oxygen atoms in total. The van der Waals surface area contributed by atoms with Gasteiger partial charge in [0, 0.05) is 4.75 Å². The van der Waals surface area contributed by atoms with Crippen LogP contribution in [-0.4, -0.2) is 4.75 Å². The molecule has 0 aliphatic carbocycles. The van der Waals surface area contributed by atoms with Gasteiger partial charge in [-0.1, -0.05) is 41.6 Å². The number of para-hydroxylation sites is 1. The average Bonchev–Trinajstić information content (AvgIpc) is 2.46. The molecule has 2 heterocycles. The second-order valence-electron chi connectivity index (χ2n) is 6.20. The monoisotopic (exact) mass is 312 g/mol. The molecule has 0 N–H and O–H groups in total. The van der Waals surface area contributed by atoms with E-state index in [4.69, 9.17) is 4.42 Å². The van der Waals surface area contributed by atoms with Gasteiger partial charge in [0.05, 0.1) is 10.9 Å². The molecule has 0 fully saturated rings. The highest BCUT2D eigenvalue weighted by atomic mass is 32.2. The van der Waals surface area contributed by atoms with E-state index in [-0.39, 0.29) is 10.2 Å². The lowest BCUT2D eigenvalue weighted by atomic mass is 10.0. The third kappa shape index (κ3) is 2.91. The minimum atomic E-state index is -0.0304. The van der Waals surface area contributed by atoms with Crippen LogP contribution >= 0.6 is 11.8 Å². The molecule has 1 unspecified atom stereocenters. The standard InChI is InChI=1S/C19H20O2S/c1-13(2)7-6-11-19(3)12-10-15-17(20)14-8-4-5-9-16(14)21-18(15)22-19/h4-5,7-10,12H,6,11H2,1-3H3. The minimum Gasteiger partial charge on any atom is -0.449 e. The fourth-order valence-electron chi connectivity index (χ4n) is 2.64. The zero-order valence-corrected chi connectivity index (χ0v) is 14.0. The topological polar surface area (TPSA) is 30.2 Å².